The third kappa shape index (κ3) is 6.08. The SMILES string of the molecule is Cc1cc(CN(Cc2cccnc2)CC2CCCN(C3CCCCC3)C2)cc(C)c1O. The molecule has 31 heavy (non-hydrogen) atoms. The van der Waals surface area contributed by atoms with Crippen molar-refractivity contribution < 1.29 is 5.11 Å². The van der Waals surface area contributed by atoms with Crippen molar-refractivity contribution in [2.45, 2.75) is 77.9 Å². The van der Waals surface area contributed by atoms with Crippen LogP contribution < -0.4 is 0 Å². The van der Waals surface area contributed by atoms with Crippen molar-refractivity contribution in [3.8, 4) is 5.75 Å². The Morgan fingerprint density at radius 2 is 1.74 bits per heavy atom. The number of benzene rings is 1. The third-order valence-corrected chi connectivity index (χ3v) is 7.24. The van der Waals surface area contributed by atoms with E-state index in [4.69, 9.17) is 0 Å². The van der Waals surface area contributed by atoms with Gasteiger partial charge >= 0.3 is 0 Å². The fraction of sp³-hybridized carbons (Fsp3) is 0.593. The second-order valence-electron chi connectivity index (χ2n) is 9.90. The van der Waals surface area contributed by atoms with Gasteiger partial charge in [-0.25, -0.2) is 0 Å². The van der Waals surface area contributed by atoms with Gasteiger partial charge in [0, 0.05) is 44.6 Å². The molecule has 2 fully saturated rings. The number of likely N-dealkylation sites (tertiary alicyclic amines) is 1. The molecule has 2 aliphatic rings. The van der Waals surface area contributed by atoms with Gasteiger partial charge in [-0.2, -0.15) is 0 Å². The zero-order valence-electron chi connectivity index (χ0n) is 19.4. The lowest BCUT2D eigenvalue weighted by atomic mass is 9.90. The molecular formula is C27H39N3O. The summed E-state index contributed by atoms with van der Waals surface area (Å²) in [4.78, 5) is 9.74. The molecule has 1 aromatic heterocycles. The second kappa shape index (κ2) is 10.6. The lowest BCUT2D eigenvalue weighted by Gasteiger charge is -2.41. The number of aromatic nitrogens is 1. The minimum Gasteiger partial charge on any atom is -0.507 e. The lowest BCUT2D eigenvalue weighted by molar-refractivity contribution is 0.0771. The number of piperidine rings is 1. The highest BCUT2D eigenvalue weighted by Crippen LogP contribution is 2.29. The molecule has 168 valence electrons. The molecule has 0 amide bonds. The molecule has 1 saturated carbocycles. The van der Waals surface area contributed by atoms with Crippen molar-refractivity contribution in [1.29, 1.82) is 0 Å². The highest BCUT2D eigenvalue weighted by atomic mass is 16.3. The monoisotopic (exact) mass is 421 g/mol. The zero-order valence-corrected chi connectivity index (χ0v) is 19.4. The fourth-order valence-corrected chi connectivity index (χ4v) is 5.72. The van der Waals surface area contributed by atoms with E-state index in [0.717, 1.165) is 42.7 Å². The molecule has 4 rings (SSSR count). The Morgan fingerprint density at radius 1 is 1.00 bits per heavy atom. The molecular weight excluding hydrogens is 382 g/mol. The number of phenols is 1. The van der Waals surface area contributed by atoms with Gasteiger partial charge in [-0.1, -0.05) is 37.5 Å². The van der Waals surface area contributed by atoms with Crippen LogP contribution in [-0.4, -0.2) is 45.6 Å². The molecule has 1 atom stereocenters. The summed E-state index contributed by atoms with van der Waals surface area (Å²) in [6.07, 6.45) is 13.6. The molecule has 2 aromatic rings. The van der Waals surface area contributed by atoms with E-state index in [1.54, 1.807) is 0 Å². The highest BCUT2D eigenvalue weighted by Gasteiger charge is 2.28. The van der Waals surface area contributed by atoms with Gasteiger partial charge in [0.2, 0.25) is 0 Å². The summed E-state index contributed by atoms with van der Waals surface area (Å²) in [7, 11) is 0. The first-order valence-corrected chi connectivity index (χ1v) is 12.2. The Labute approximate surface area is 188 Å². The summed E-state index contributed by atoms with van der Waals surface area (Å²) in [5.41, 5.74) is 4.50. The average Bonchev–Trinajstić information content (AvgIpc) is 2.79. The standard InChI is InChI=1S/C27H39N3O/c1-21-14-25(15-22(2)27(21)31)19-29(17-23-8-6-12-28-16-23)18-24-9-7-13-30(20-24)26-10-4-3-5-11-26/h6,8,12,14-16,24,26,31H,3-5,7,9-11,13,17-20H2,1-2H3. The molecule has 1 aliphatic heterocycles. The van der Waals surface area contributed by atoms with E-state index < -0.39 is 0 Å². The van der Waals surface area contributed by atoms with Gasteiger partial charge in [0.15, 0.2) is 0 Å². The van der Waals surface area contributed by atoms with Crippen molar-refractivity contribution in [2.24, 2.45) is 5.92 Å². The first-order chi connectivity index (χ1) is 15.1. The Hall–Kier alpha value is -1.91. The molecule has 1 aromatic carbocycles. The molecule has 1 unspecified atom stereocenters. The van der Waals surface area contributed by atoms with Crippen molar-refractivity contribution in [1.82, 2.24) is 14.8 Å². The number of hydrogen-bond donors (Lipinski definition) is 1. The topological polar surface area (TPSA) is 39.6 Å². The molecule has 4 nitrogen and oxygen atoms in total. The quantitative estimate of drug-likeness (QED) is 0.645. The molecule has 4 heteroatoms. The van der Waals surface area contributed by atoms with Crippen LogP contribution >= 0.6 is 0 Å². The Bertz CT molecular complexity index is 809. The van der Waals surface area contributed by atoms with Gasteiger partial charge in [-0.15, -0.1) is 0 Å². The number of hydrogen-bond acceptors (Lipinski definition) is 4. The van der Waals surface area contributed by atoms with Gasteiger partial charge < -0.3 is 10.0 Å². The van der Waals surface area contributed by atoms with E-state index in [9.17, 15) is 5.11 Å². The minimum atomic E-state index is 0.429. The Balaban J connectivity index is 1.46. The Morgan fingerprint density at radius 3 is 2.45 bits per heavy atom. The summed E-state index contributed by atoms with van der Waals surface area (Å²) in [6.45, 7) is 9.50. The number of pyridine rings is 1. The van der Waals surface area contributed by atoms with E-state index >= 15 is 0 Å². The van der Waals surface area contributed by atoms with Gasteiger partial charge in [0.1, 0.15) is 5.75 Å². The number of phenolic OH excluding ortho intramolecular Hbond substituents is 1. The molecule has 1 N–H and O–H groups in total. The average molecular weight is 422 g/mol. The van der Waals surface area contributed by atoms with E-state index in [2.05, 4.69) is 33.0 Å². The van der Waals surface area contributed by atoms with Crippen LogP contribution in [0, 0.1) is 19.8 Å². The largest absolute Gasteiger partial charge is 0.507 e. The van der Waals surface area contributed by atoms with Crippen LogP contribution in [0.2, 0.25) is 0 Å². The van der Waals surface area contributed by atoms with Crippen LogP contribution in [0.3, 0.4) is 0 Å². The second-order valence-corrected chi connectivity index (χ2v) is 9.90. The third-order valence-electron chi connectivity index (χ3n) is 7.24. The highest BCUT2D eigenvalue weighted by molar-refractivity contribution is 5.42. The smallest absolute Gasteiger partial charge is 0.121 e. The molecule has 0 bridgehead atoms. The van der Waals surface area contributed by atoms with E-state index in [0.29, 0.717) is 5.75 Å². The summed E-state index contributed by atoms with van der Waals surface area (Å²) in [5.74, 6) is 1.16. The molecule has 1 saturated heterocycles. The number of aromatic hydroxyl groups is 1. The maximum Gasteiger partial charge on any atom is 0.121 e. The van der Waals surface area contributed by atoms with Crippen molar-refractivity contribution in [3.63, 3.8) is 0 Å². The number of aryl methyl sites for hydroxylation is 2. The normalized spacial score (nSPS) is 20.9. The van der Waals surface area contributed by atoms with Crippen LogP contribution in [0.15, 0.2) is 36.7 Å². The first kappa shape index (κ1) is 22.3. The number of rotatable bonds is 7. The van der Waals surface area contributed by atoms with E-state index in [-0.39, 0.29) is 0 Å². The van der Waals surface area contributed by atoms with Crippen molar-refractivity contribution in [2.75, 3.05) is 19.6 Å². The fourth-order valence-electron chi connectivity index (χ4n) is 5.72. The van der Waals surface area contributed by atoms with E-state index in [1.807, 2.05) is 32.3 Å². The Kier molecular flexibility index (Phi) is 7.62. The van der Waals surface area contributed by atoms with Gasteiger partial charge in [0.25, 0.3) is 0 Å². The first-order valence-electron chi connectivity index (χ1n) is 12.2. The summed E-state index contributed by atoms with van der Waals surface area (Å²) >= 11 is 0. The molecule has 1 aliphatic carbocycles. The zero-order chi connectivity index (χ0) is 21.6. The van der Waals surface area contributed by atoms with Crippen LogP contribution in [0.4, 0.5) is 0 Å². The van der Waals surface area contributed by atoms with Crippen LogP contribution in [0.5, 0.6) is 5.75 Å². The predicted molar refractivity (Wildman–Crippen MR) is 127 cm³/mol. The van der Waals surface area contributed by atoms with E-state index in [1.165, 1.54) is 69.2 Å². The number of nitrogens with zero attached hydrogens (tertiary/aromatic N) is 3. The van der Waals surface area contributed by atoms with Crippen molar-refractivity contribution in [3.05, 3.63) is 58.9 Å². The summed E-state index contributed by atoms with van der Waals surface area (Å²) < 4.78 is 0. The van der Waals surface area contributed by atoms with Gasteiger partial charge in [-0.05, 0) is 80.3 Å². The maximum absolute atomic E-state index is 10.2. The maximum atomic E-state index is 10.2. The van der Waals surface area contributed by atoms with Crippen molar-refractivity contribution >= 4 is 0 Å². The van der Waals surface area contributed by atoms with Gasteiger partial charge in [-0.3, -0.25) is 9.88 Å². The molecule has 0 spiro atoms. The minimum absolute atomic E-state index is 0.429. The summed E-state index contributed by atoms with van der Waals surface area (Å²) in [5, 5.41) is 10.2. The molecule has 2 heterocycles. The van der Waals surface area contributed by atoms with Crippen LogP contribution in [-0.2, 0) is 13.1 Å². The van der Waals surface area contributed by atoms with Crippen LogP contribution in [0.25, 0.3) is 0 Å². The molecule has 0 radical (unpaired) electrons. The van der Waals surface area contributed by atoms with Gasteiger partial charge in [0.05, 0.1) is 0 Å². The lowest BCUT2D eigenvalue weighted by Crippen LogP contribution is -2.46. The summed E-state index contributed by atoms with van der Waals surface area (Å²) in [6, 6.07) is 9.34. The predicted octanol–water partition coefficient (Wildman–Crippen LogP) is 5.45. The van der Waals surface area contributed by atoms with Crippen LogP contribution in [0.1, 0.15) is 67.2 Å².